The summed E-state index contributed by atoms with van der Waals surface area (Å²) in [6.45, 7) is 0. The number of fused-ring (bicyclic) bond motifs is 1. The topological polar surface area (TPSA) is 20.2 Å². The van der Waals surface area contributed by atoms with Gasteiger partial charge in [-0.15, -0.1) is 11.3 Å². The van der Waals surface area contributed by atoms with Crippen molar-refractivity contribution in [2.24, 2.45) is 0 Å². The van der Waals surface area contributed by atoms with E-state index in [1.54, 1.807) is 0 Å². The maximum absolute atomic E-state index is 10.3. The molecule has 1 N–H and O–H groups in total. The van der Waals surface area contributed by atoms with Gasteiger partial charge in [0.25, 0.3) is 0 Å². The van der Waals surface area contributed by atoms with Crippen molar-refractivity contribution in [1.29, 1.82) is 0 Å². The zero-order chi connectivity index (χ0) is 11.8. The predicted molar refractivity (Wildman–Crippen MR) is 71.9 cm³/mol. The standard InChI is InChI=1S/C14H13ClOS/c15-12-7-13(17-8-12)14(16)11-5-4-9-2-1-3-10(9)6-11/h4-8,14,16H,1-3H2. The molecule has 0 fully saturated rings. The van der Waals surface area contributed by atoms with E-state index in [2.05, 4.69) is 12.1 Å². The number of hydrogen-bond donors (Lipinski definition) is 1. The Labute approximate surface area is 110 Å². The van der Waals surface area contributed by atoms with Gasteiger partial charge in [-0.2, -0.15) is 0 Å². The van der Waals surface area contributed by atoms with Gasteiger partial charge in [-0.05, 0) is 42.0 Å². The van der Waals surface area contributed by atoms with Crippen LogP contribution in [-0.4, -0.2) is 5.11 Å². The van der Waals surface area contributed by atoms with Gasteiger partial charge in [0.1, 0.15) is 6.10 Å². The highest BCUT2D eigenvalue weighted by molar-refractivity contribution is 7.10. The lowest BCUT2D eigenvalue weighted by molar-refractivity contribution is 0.224. The van der Waals surface area contributed by atoms with Crippen molar-refractivity contribution in [2.45, 2.75) is 25.4 Å². The second kappa shape index (κ2) is 4.45. The maximum atomic E-state index is 10.3. The Bertz CT molecular complexity index is 547. The fraction of sp³-hybridized carbons (Fsp3) is 0.286. The lowest BCUT2D eigenvalue weighted by atomic mass is 10.0. The normalized spacial score (nSPS) is 15.9. The van der Waals surface area contributed by atoms with Crippen LogP contribution < -0.4 is 0 Å². The summed E-state index contributed by atoms with van der Waals surface area (Å²) in [6.07, 6.45) is 3.01. The minimum atomic E-state index is -0.543. The van der Waals surface area contributed by atoms with Crippen molar-refractivity contribution in [1.82, 2.24) is 0 Å². The summed E-state index contributed by atoms with van der Waals surface area (Å²) in [4.78, 5) is 0.910. The smallest absolute Gasteiger partial charge is 0.113 e. The van der Waals surface area contributed by atoms with E-state index in [-0.39, 0.29) is 0 Å². The van der Waals surface area contributed by atoms with Crippen molar-refractivity contribution in [3.63, 3.8) is 0 Å². The Morgan fingerprint density at radius 1 is 1.18 bits per heavy atom. The Hall–Kier alpha value is -0.830. The molecule has 17 heavy (non-hydrogen) atoms. The summed E-state index contributed by atoms with van der Waals surface area (Å²) >= 11 is 7.39. The lowest BCUT2D eigenvalue weighted by Crippen LogP contribution is -1.98. The second-order valence-corrected chi connectivity index (χ2v) is 5.83. The van der Waals surface area contributed by atoms with Crippen LogP contribution in [0.5, 0.6) is 0 Å². The molecule has 1 heterocycles. The van der Waals surface area contributed by atoms with Crippen LogP contribution in [0.25, 0.3) is 0 Å². The molecular formula is C14H13ClOS. The number of aliphatic hydroxyl groups excluding tert-OH is 1. The predicted octanol–water partition coefficient (Wildman–Crippen LogP) is 3.97. The van der Waals surface area contributed by atoms with Crippen LogP contribution in [0.3, 0.4) is 0 Å². The molecule has 1 aliphatic rings. The number of benzene rings is 1. The van der Waals surface area contributed by atoms with Gasteiger partial charge in [-0.3, -0.25) is 0 Å². The first-order valence-electron chi connectivity index (χ1n) is 5.78. The summed E-state index contributed by atoms with van der Waals surface area (Å²) in [6, 6.07) is 8.16. The molecule has 0 bridgehead atoms. The zero-order valence-corrected chi connectivity index (χ0v) is 10.9. The van der Waals surface area contributed by atoms with Crippen molar-refractivity contribution >= 4 is 22.9 Å². The molecule has 0 saturated carbocycles. The fourth-order valence-electron chi connectivity index (χ4n) is 2.40. The highest BCUT2D eigenvalue weighted by Gasteiger charge is 2.16. The van der Waals surface area contributed by atoms with Crippen molar-refractivity contribution in [2.75, 3.05) is 0 Å². The van der Waals surface area contributed by atoms with Gasteiger partial charge >= 0.3 is 0 Å². The summed E-state index contributed by atoms with van der Waals surface area (Å²) < 4.78 is 0. The van der Waals surface area contributed by atoms with Crippen molar-refractivity contribution < 1.29 is 5.11 Å². The molecule has 3 rings (SSSR count). The Kier molecular flexibility index (Phi) is 2.95. The fourth-order valence-corrected chi connectivity index (χ4v) is 3.49. The molecule has 1 aromatic heterocycles. The molecule has 2 aromatic rings. The quantitative estimate of drug-likeness (QED) is 0.870. The molecule has 1 atom stereocenters. The largest absolute Gasteiger partial charge is 0.383 e. The summed E-state index contributed by atoms with van der Waals surface area (Å²) in [7, 11) is 0. The molecule has 0 aliphatic heterocycles. The van der Waals surface area contributed by atoms with E-state index in [1.165, 1.54) is 35.3 Å². The molecule has 0 spiro atoms. The Balaban J connectivity index is 1.94. The van der Waals surface area contributed by atoms with Crippen LogP contribution in [0.1, 0.15) is 34.1 Å². The number of thiophene rings is 1. The molecule has 1 nitrogen and oxygen atoms in total. The van der Waals surface area contributed by atoms with Gasteiger partial charge in [0, 0.05) is 10.3 Å². The van der Waals surface area contributed by atoms with E-state index >= 15 is 0 Å². The first kappa shape index (κ1) is 11.3. The first-order chi connectivity index (χ1) is 8.24. The van der Waals surface area contributed by atoms with Gasteiger partial charge in [0.2, 0.25) is 0 Å². The third-order valence-corrected chi connectivity index (χ3v) is 4.63. The van der Waals surface area contributed by atoms with Gasteiger partial charge < -0.3 is 5.11 Å². The highest BCUT2D eigenvalue weighted by Crippen LogP contribution is 2.32. The van der Waals surface area contributed by atoms with Crippen LogP contribution >= 0.6 is 22.9 Å². The molecule has 88 valence electrons. The average Bonchev–Trinajstić information content (AvgIpc) is 2.95. The van der Waals surface area contributed by atoms with E-state index in [0.29, 0.717) is 5.02 Å². The van der Waals surface area contributed by atoms with Crippen LogP contribution in [0, 0.1) is 0 Å². The number of rotatable bonds is 2. The monoisotopic (exact) mass is 264 g/mol. The number of aliphatic hydroxyl groups is 1. The van der Waals surface area contributed by atoms with E-state index in [9.17, 15) is 5.11 Å². The molecular weight excluding hydrogens is 252 g/mol. The summed E-state index contributed by atoms with van der Waals surface area (Å²) in [5, 5.41) is 12.8. The van der Waals surface area contributed by atoms with Crippen molar-refractivity contribution in [3.8, 4) is 0 Å². The van der Waals surface area contributed by atoms with Crippen LogP contribution in [-0.2, 0) is 12.8 Å². The molecule has 1 aromatic carbocycles. The molecule has 1 unspecified atom stereocenters. The van der Waals surface area contributed by atoms with E-state index in [0.717, 1.165) is 16.9 Å². The van der Waals surface area contributed by atoms with Crippen molar-refractivity contribution in [3.05, 3.63) is 56.2 Å². The third kappa shape index (κ3) is 2.13. The Morgan fingerprint density at radius 3 is 2.76 bits per heavy atom. The summed E-state index contributed by atoms with van der Waals surface area (Å²) in [5.41, 5.74) is 3.80. The zero-order valence-electron chi connectivity index (χ0n) is 9.32. The minimum absolute atomic E-state index is 0.543. The van der Waals surface area contributed by atoms with Crippen LogP contribution in [0.4, 0.5) is 0 Å². The van der Waals surface area contributed by atoms with Gasteiger partial charge in [-0.25, -0.2) is 0 Å². The number of aryl methyl sites for hydroxylation is 2. The lowest BCUT2D eigenvalue weighted by Gasteiger charge is -2.10. The number of hydrogen-bond acceptors (Lipinski definition) is 2. The van der Waals surface area contributed by atoms with Gasteiger partial charge in [0.05, 0.1) is 5.02 Å². The van der Waals surface area contributed by atoms with Gasteiger partial charge in [0.15, 0.2) is 0 Å². The van der Waals surface area contributed by atoms with E-state index < -0.39 is 6.10 Å². The second-order valence-electron chi connectivity index (χ2n) is 4.45. The van der Waals surface area contributed by atoms with E-state index in [4.69, 9.17) is 11.6 Å². The first-order valence-corrected chi connectivity index (χ1v) is 7.03. The molecule has 0 radical (unpaired) electrons. The Morgan fingerprint density at radius 2 is 2.00 bits per heavy atom. The van der Waals surface area contributed by atoms with Crippen LogP contribution in [0.15, 0.2) is 29.6 Å². The molecule has 3 heteroatoms. The summed E-state index contributed by atoms with van der Waals surface area (Å²) in [5.74, 6) is 0. The van der Waals surface area contributed by atoms with Crippen LogP contribution in [0.2, 0.25) is 5.02 Å². The molecule has 0 saturated heterocycles. The average molecular weight is 265 g/mol. The molecule has 1 aliphatic carbocycles. The molecule has 0 amide bonds. The van der Waals surface area contributed by atoms with E-state index in [1.807, 2.05) is 17.5 Å². The van der Waals surface area contributed by atoms with Gasteiger partial charge in [-0.1, -0.05) is 29.8 Å². The third-order valence-electron chi connectivity index (χ3n) is 3.30. The minimum Gasteiger partial charge on any atom is -0.383 e. The highest BCUT2D eigenvalue weighted by atomic mass is 35.5. The number of halogens is 1. The SMILES string of the molecule is OC(c1ccc2c(c1)CCC2)c1cc(Cl)cs1. The maximum Gasteiger partial charge on any atom is 0.113 e.